The van der Waals surface area contributed by atoms with Crippen molar-refractivity contribution >= 4 is 29.9 Å². The van der Waals surface area contributed by atoms with E-state index in [9.17, 15) is 0 Å². The highest BCUT2D eigenvalue weighted by Crippen LogP contribution is 2.42. The molecule has 1 aromatic carbocycles. The summed E-state index contributed by atoms with van der Waals surface area (Å²) in [6, 6.07) is 9.21. The molecule has 0 heterocycles. The van der Waals surface area contributed by atoms with Gasteiger partial charge in [0.2, 0.25) is 0 Å². The van der Waals surface area contributed by atoms with E-state index in [1.54, 1.807) is 0 Å². The molecule has 2 N–H and O–H groups in total. The summed E-state index contributed by atoms with van der Waals surface area (Å²) in [5, 5.41) is 6.94. The second-order valence-electron chi connectivity index (χ2n) is 7.08. The average Bonchev–Trinajstić information content (AvgIpc) is 3.48. The summed E-state index contributed by atoms with van der Waals surface area (Å²) in [6.45, 7) is 7.80. The van der Waals surface area contributed by atoms with Gasteiger partial charge in [0.05, 0.1) is 0 Å². The van der Waals surface area contributed by atoms with Crippen molar-refractivity contribution < 1.29 is 4.74 Å². The number of aryl methyl sites for hydroxylation is 1. The van der Waals surface area contributed by atoms with Crippen molar-refractivity contribution in [2.24, 2.45) is 10.9 Å². The molecule has 0 radical (unpaired) electrons. The first kappa shape index (κ1) is 20.5. The minimum absolute atomic E-state index is 0. The Morgan fingerprint density at radius 2 is 2.08 bits per heavy atom. The SMILES string of the molecule is CCNC(=NCCCOCC1CC1)NC1CC1c1ccccc1C.I. The van der Waals surface area contributed by atoms with Gasteiger partial charge in [0.1, 0.15) is 0 Å². The lowest BCUT2D eigenvalue weighted by Crippen LogP contribution is -2.39. The third kappa shape index (κ3) is 6.77. The summed E-state index contributed by atoms with van der Waals surface area (Å²) in [5.74, 6) is 2.42. The van der Waals surface area contributed by atoms with E-state index in [1.165, 1.54) is 30.4 Å². The molecule has 0 bridgehead atoms. The Labute approximate surface area is 169 Å². The number of hydrogen-bond acceptors (Lipinski definition) is 2. The van der Waals surface area contributed by atoms with E-state index in [1.807, 2.05) is 0 Å². The van der Waals surface area contributed by atoms with Crippen molar-refractivity contribution in [1.82, 2.24) is 10.6 Å². The maximum absolute atomic E-state index is 5.67. The predicted octanol–water partition coefficient (Wildman–Crippen LogP) is 3.84. The number of nitrogens with one attached hydrogen (secondary N) is 2. The van der Waals surface area contributed by atoms with Crippen LogP contribution >= 0.6 is 24.0 Å². The molecule has 25 heavy (non-hydrogen) atoms. The first-order valence-corrected chi connectivity index (χ1v) is 9.46. The molecule has 0 saturated heterocycles. The number of guanidine groups is 1. The molecule has 5 heteroatoms. The number of nitrogens with zero attached hydrogens (tertiary/aromatic N) is 1. The van der Waals surface area contributed by atoms with Gasteiger partial charge in [-0.15, -0.1) is 24.0 Å². The molecule has 2 atom stereocenters. The molecule has 2 fully saturated rings. The summed E-state index contributed by atoms with van der Waals surface area (Å²) in [4.78, 5) is 4.69. The highest BCUT2D eigenvalue weighted by molar-refractivity contribution is 14.0. The molecule has 2 saturated carbocycles. The van der Waals surface area contributed by atoms with Crippen molar-refractivity contribution in [3.8, 4) is 0 Å². The quantitative estimate of drug-likeness (QED) is 0.256. The number of rotatable bonds is 9. The summed E-state index contributed by atoms with van der Waals surface area (Å²) in [7, 11) is 0. The van der Waals surface area contributed by atoms with E-state index >= 15 is 0 Å². The molecule has 1 aromatic rings. The van der Waals surface area contributed by atoms with Crippen LogP contribution in [0.5, 0.6) is 0 Å². The fraction of sp³-hybridized carbons (Fsp3) is 0.650. The van der Waals surface area contributed by atoms with E-state index in [0.717, 1.165) is 44.6 Å². The molecular weight excluding hydrogens is 425 g/mol. The van der Waals surface area contributed by atoms with Gasteiger partial charge < -0.3 is 15.4 Å². The van der Waals surface area contributed by atoms with E-state index in [2.05, 4.69) is 48.7 Å². The molecule has 0 aliphatic heterocycles. The van der Waals surface area contributed by atoms with Crippen LogP contribution in [-0.4, -0.2) is 38.3 Å². The lowest BCUT2D eigenvalue weighted by atomic mass is 10.0. The van der Waals surface area contributed by atoms with Crippen LogP contribution in [0, 0.1) is 12.8 Å². The van der Waals surface area contributed by atoms with Gasteiger partial charge in [-0.05, 0) is 56.6 Å². The second kappa shape index (κ2) is 10.4. The molecule has 140 valence electrons. The summed E-state index contributed by atoms with van der Waals surface area (Å²) in [6.07, 6.45) is 4.90. The molecular formula is C20H32IN3O. The number of benzene rings is 1. The van der Waals surface area contributed by atoms with Gasteiger partial charge in [0.15, 0.2) is 5.96 Å². The molecule has 0 aromatic heterocycles. The Morgan fingerprint density at radius 3 is 2.80 bits per heavy atom. The largest absolute Gasteiger partial charge is 0.381 e. The van der Waals surface area contributed by atoms with Crippen molar-refractivity contribution in [3.05, 3.63) is 35.4 Å². The van der Waals surface area contributed by atoms with Crippen LogP contribution < -0.4 is 10.6 Å². The van der Waals surface area contributed by atoms with Crippen LogP contribution in [0.2, 0.25) is 0 Å². The summed E-state index contributed by atoms with van der Waals surface area (Å²) >= 11 is 0. The molecule has 2 aliphatic rings. The Balaban J connectivity index is 0.00000225. The van der Waals surface area contributed by atoms with E-state index in [4.69, 9.17) is 9.73 Å². The second-order valence-corrected chi connectivity index (χ2v) is 7.08. The normalized spacial score (nSPS) is 22.2. The number of aliphatic imine (C=N–C) groups is 1. The first-order valence-electron chi connectivity index (χ1n) is 9.46. The van der Waals surface area contributed by atoms with Crippen LogP contribution in [0.1, 0.15) is 49.7 Å². The fourth-order valence-corrected chi connectivity index (χ4v) is 3.09. The van der Waals surface area contributed by atoms with Crippen molar-refractivity contribution in [2.45, 2.75) is 51.5 Å². The van der Waals surface area contributed by atoms with Gasteiger partial charge in [0, 0.05) is 38.3 Å². The lowest BCUT2D eigenvalue weighted by molar-refractivity contribution is 0.123. The van der Waals surface area contributed by atoms with E-state index < -0.39 is 0 Å². The van der Waals surface area contributed by atoms with Gasteiger partial charge in [-0.25, -0.2) is 0 Å². The standard InChI is InChI=1S/C20H31N3O.HI/c1-3-21-20(22-11-6-12-24-14-16-9-10-16)23-19-13-18(19)17-8-5-4-7-15(17)2;/h4-5,7-8,16,18-19H,3,6,9-14H2,1-2H3,(H2,21,22,23);1H. The minimum atomic E-state index is 0. The monoisotopic (exact) mass is 457 g/mol. The maximum atomic E-state index is 5.67. The Bertz CT molecular complexity index is 560. The molecule has 0 amide bonds. The number of halogens is 1. The molecule has 4 nitrogen and oxygen atoms in total. The van der Waals surface area contributed by atoms with Crippen molar-refractivity contribution in [3.63, 3.8) is 0 Å². The molecule has 2 unspecified atom stereocenters. The zero-order valence-corrected chi connectivity index (χ0v) is 17.8. The van der Waals surface area contributed by atoms with Gasteiger partial charge in [0.25, 0.3) is 0 Å². The van der Waals surface area contributed by atoms with Crippen LogP contribution in [-0.2, 0) is 4.74 Å². The van der Waals surface area contributed by atoms with Crippen LogP contribution in [0.25, 0.3) is 0 Å². The smallest absolute Gasteiger partial charge is 0.191 e. The van der Waals surface area contributed by atoms with Crippen LogP contribution in [0.4, 0.5) is 0 Å². The number of ether oxygens (including phenoxy) is 1. The summed E-state index contributed by atoms with van der Waals surface area (Å²) in [5.41, 5.74) is 2.86. The molecule has 0 spiro atoms. The van der Waals surface area contributed by atoms with Crippen LogP contribution in [0.15, 0.2) is 29.3 Å². The van der Waals surface area contributed by atoms with Crippen molar-refractivity contribution in [1.29, 1.82) is 0 Å². The van der Waals surface area contributed by atoms with Gasteiger partial charge in [-0.2, -0.15) is 0 Å². The van der Waals surface area contributed by atoms with Crippen LogP contribution in [0.3, 0.4) is 0 Å². The lowest BCUT2D eigenvalue weighted by Gasteiger charge is -2.12. The average molecular weight is 457 g/mol. The van der Waals surface area contributed by atoms with E-state index in [0.29, 0.717) is 12.0 Å². The van der Waals surface area contributed by atoms with Gasteiger partial charge >= 0.3 is 0 Å². The topological polar surface area (TPSA) is 45.7 Å². The zero-order chi connectivity index (χ0) is 16.8. The zero-order valence-electron chi connectivity index (χ0n) is 15.5. The Kier molecular flexibility index (Phi) is 8.49. The van der Waals surface area contributed by atoms with Gasteiger partial charge in [-0.3, -0.25) is 4.99 Å². The fourth-order valence-electron chi connectivity index (χ4n) is 3.09. The third-order valence-corrected chi connectivity index (χ3v) is 4.81. The minimum Gasteiger partial charge on any atom is -0.381 e. The molecule has 2 aliphatic carbocycles. The van der Waals surface area contributed by atoms with Crippen molar-refractivity contribution in [2.75, 3.05) is 26.3 Å². The van der Waals surface area contributed by atoms with E-state index in [-0.39, 0.29) is 24.0 Å². The molecule has 3 rings (SSSR count). The predicted molar refractivity (Wildman–Crippen MR) is 115 cm³/mol. The third-order valence-electron chi connectivity index (χ3n) is 4.81. The Morgan fingerprint density at radius 1 is 1.28 bits per heavy atom. The summed E-state index contributed by atoms with van der Waals surface area (Å²) < 4.78 is 5.67. The highest BCUT2D eigenvalue weighted by atomic mass is 127. The highest BCUT2D eigenvalue weighted by Gasteiger charge is 2.39. The Hall–Kier alpha value is -0.820. The van der Waals surface area contributed by atoms with Gasteiger partial charge in [-0.1, -0.05) is 24.3 Å². The number of hydrogen-bond donors (Lipinski definition) is 2. The maximum Gasteiger partial charge on any atom is 0.191 e. The first-order chi connectivity index (χ1) is 11.8.